The monoisotopic (exact) mass is 227 g/mol. The van der Waals surface area contributed by atoms with Gasteiger partial charge in [0.2, 0.25) is 0 Å². The van der Waals surface area contributed by atoms with Gasteiger partial charge in [-0.3, -0.25) is 0 Å². The Balaban J connectivity index is 2.31. The van der Waals surface area contributed by atoms with Crippen LogP contribution in [0.2, 0.25) is 0 Å². The maximum Gasteiger partial charge on any atom is 0.0799 e. The molecule has 2 heteroatoms. The first-order valence-corrected chi connectivity index (χ1v) is 7.16. The highest BCUT2D eigenvalue weighted by Gasteiger charge is 2.25. The second-order valence-corrected chi connectivity index (χ2v) is 6.03. The van der Waals surface area contributed by atoms with Gasteiger partial charge in [0, 0.05) is 12.5 Å². The minimum absolute atomic E-state index is 0.793. The van der Waals surface area contributed by atoms with E-state index in [9.17, 15) is 0 Å². The van der Waals surface area contributed by atoms with Gasteiger partial charge in [-0.25, -0.2) is 0 Å². The fraction of sp³-hybridized carbons (Fsp3) is 1.00. The van der Waals surface area contributed by atoms with Crippen molar-refractivity contribution in [1.29, 1.82) is 0 Å². The van der Waals surface area contributed by atoms with Gasteiger partial charge in [-0.2, -0.15) is 0 Å². The second kappa shape index (κ2) is 6.61. The van der Waals surface area contributed by atoms with Gasteiger partial charge in [-0.05, 0) is 31.7 Å². The van der Waals surface area contributed by atoms with Crippen LogP contribution in [0.3, 0.4) is 0 Å². The van der Waals surface area contributed by atoms with E-state index in [0.717, 1.165) is 12.0 Å². The smallest absolute Gasteiger partial charge is 0.0799 e. The van der Waals surface area contributed by atoms with Gasteiger partial charge in [-0.15, -0.1) is 0 Å². The van der Waals surface area contributed by atoms with Gasteiger partial charge in [0.05, 0.1) is 26.7 Å². The van der Waals surface area contributed by atoms with Crippen LogP contribution in [-0.4, -0.2) is 43.8 Å². The lowest BCUT2D eigenvalue weighted by atomic mass is 10.1. The van der Waals surface area contributed by atoms with Crippen LogP contribution in [0.15, 0.2) is 0 Å². The Morgan fingerprint density at radius 3 is 2.19 bits per heavy atom. The molecule has 1 saturated heterocycles. The SMILES string of the molecule is CCC[N+](C)(CCC)CCC1CC(C)CN1. The normalized spacial score (nSPS) is 26.2. The molecule has 1 aliphatic heterocycles. The van der Waals surface area contributed by atoms with Crippen molar-refractivity contribution in [3.63, 3.8) is 0 Å². The molecule has 0 aromatic heterocycles. The molecule has 0 spiro atoms. The third-order valence-corrected chi connectivity index (χ3v) is 3.99. The highest BCUT2D eigenvalue weighted by molar-refractivity contribution is 4.78. The van der Waals surface area contributed by atoms with Crippen molar-refractivity contribution >= 4 is 0 Å². The molecule has 1 N–H and O–H groups in total. The Hall–Kier alpha value is -0.0800. The summed E-state index contributed by atoms with van der Waals surface area (Å²) in [6.45, 7) is 12.2. The summed E-state index contributed by atoms with van der Waals surface area (Å²) in [6, 6.07) is 0.793. The van der Waals surface area contributed by atoms with Crippen molar-refractivity contribution in [2.75, 3.05) is 33.2 Å². The topological polar surface area (TPSA) is 12.0 Å². The van der Waals surface area contributed by atoms with E-state index in [4.69, 9.17) is 0 Å². The molecular formula is C14H31N2+. The Morgan fingerprint density at radius 1 is 1.12 bits per heavy atom. The molecule has 2 unspecified atom stereocenters. The van der Waals surface area contributed by atoms with Crippen LogP contribution in [0, 0.1) is 5.92 Å². The first kappa shape index (κ1) is 14.0. The van der Waals surface area contributed by atoms with Gasteiger partial charge in [-0.1, -0.05) is 20.8 Å². The standard InChI is InChI=1S/C14H31N2/c1-5-8-16(4,9-6-2)10-7-14-11-13(3)12-15-14/h13-15H,5-12H2,1-4H3/q+1. The Morgan fingerprint density at radius 2 is 1.75 bits per heavy atom. The van der Waals surface area contributed by atoms with Crippen LogP contribution in [0.25, 0.3) is 0 Å². The molecule has 0 bridgehead atoms. The minimum Gasteiger partial charge on any atom is -0.326 e. The predicted octanol–water partition coefficient (Wildman–Crippen LogP) is 2.64. The number of nitrogens with one attached hydrogen (secondary N) is 1. The molecule has 16 heavy (non-hydrogen) atoms. The van der Waals surface area contributed by atoms with Crippen LogP contribution in [-0.2, 0) is 0 Å². The number of rotatable bonds is 7. The third-order valence-electron chi connectivity index (χ3n) is 3.99. The molecule has 1 fully saturated rings. The van der Waals surface area contributed by atoms with Crippen LogP contribution < -0.4 is 5.32 Å². The molecule has 1 aliphatic rings. The Kier molecular flexibility index (Phi) is 5.77. The van der Waals surface area contributed by atoms with E-state index in [2.05, 4.69) is 33.1 Å². The van der Waals surface area contributed by atoms with Crippen LogP contribution in [0.4, 0.5) is 0 Å². The lowest BCUT2D eigenvalue weighted by Crippen LogP contribution is -2.47. The summed E-state index contributed by atoms with van der Waals surface area (Å²) in [7, 11) is 2.44. The maximum atomic E-state index is 3.65. The molecular weight excluding hydrogens is 196 g/mol. The van der Waals surface area contributed by atoms with Gasteiger partial charge < -0.3 is 9.80 Å². The fourth-order valence-corrected chi connectivity index (χ4v) is 3.12. The summed E-state index contributed by atoms with van der Waals surface area (Å²) in [6.07, 6.45) is 5.37. The number of quaternary nitrogens is 1. The molecule has 0 aliphatic carbocycles. The summed E-state index contributed by atoms with van der Waals surface area (Å²) >= 11 is 0. The number of hydrogen-bond donors (Lipinski definition) is 1. The minimum atomic E-state index is 0.793. The average molecular weight is 227 g/mol. The van der Waals surface area contributed by atoms with Gasteiger partial charge in [0.15, 0.2) is 0 Å². The van der Waals surface area contributed by atoms with Crippen LogP contribution >= 0.6 is 0 Å². The van der Waals surface area contributed by atoms with Crippen LogP contribution in [0.1, 0.15) is 46.5 Å². The highest BCUT2D eigenvalue weighted by atomic mass is 15.3. The molecule has 2 nitrogen and oxygen atoms in total. The Labute approximate surface area is 102 Å². The zero-order valence-corrected chi connectivity index (χ0v) is 11.8. The van der Waals surface area contributed by atoms with E-state index < -0.39 is 0 Å². The zero-order chi connectivity index (χ0) is 12.0. The molecule has 1 heterocycles. The lowest BCUT2D eigenvalue weighted by Gasteiger charge is -2.35. The first-order chi connectivity index (χ1) is 7.59. The van der Waals surface area contributed by atoms with E-state index in [0.29, 0.717) is 0 Å². The number of hydrogen-bond acceptors (Lipinski definition) is 1. The summed E-state index contributed by atoms with van der Waals surface area (Å²) in [5.74, 6) is 0.890. The predicted molar refractivity (Wildman–Crippen MR) is 71.6 cm³/mol. The fourth-order valence-electron chi connectivity index (χ4n) is 3.12. The van der Waals surface area contributed by atoms with Crippen molar-refractivity contribution in [1.82, 2.24) is 5.32 Å². The van der Waals surface area contributed by atoms with Gasteiger partial charge >= 0.3 is 0 Å². The highest BCUT2D eigenvalue weighted by Crippen LogP contribution is 2.17. The molecule has 2 atom stereocenters. The number of nitrogens with zero attached hydrogens (tertiary/aromatic N) is 1. The largest absolute Gasteiger partial charge is 0.326 e. The van der Waals surface area contributed by atoms with E-state index in [1.165, 1.54) is 56.3 Å². The van der Waals surface area contributed by atoms with Crippen molar-refractivity contribution in [3.05, 3.63) is 0 Å². The summed E-state index contributed by atoms with van der Waals surface area (Å²) in [5.41, 5.74) is 0. The summed E-state index contributed by atoms with van der Waals surface area (Å²) < 4.78 is 1.28. The molecule has 96 valence electrons. The molecule has 0 aromatic carbocycles. The van der Waals surface area contributed by atoms with Gasteiger partial charge in [0.25, 0.3) is 0 Å². The van der Waals surface area contributed by atoms with Crippen LogP contribution in [0.5, 0.6) is 0 Å². The molecule has 1 rings (SSSR count). The van der Waals surface area contributed by atoms with Crippen molar-refractivity contribution in [2.24, 2.45) is 5.92 Å². The molecule has 0 amide bonds. The van der Waals surface area contributed by atoms with E-state index in [1.54, 1.807) is 0 Å². The van der Waals surface area contributed by atoms with E-state index in [1.807, 2.05) is 0 Å². The lowest BCUT2D eigenvalue weighted by molar-refractivity contribution is -0.910. The third kappa shape index (κ3) is 4.42. The zero-order valence-electron chi connectivity index (χ0n) is 11.8. The summed E-state index contributed by atoms with van der Waals surface area (Å²) in [4.78, 5) is 0. The van der Waals surface area contributed by atoms with Crippen molar-refractivity contribution < 1.29 is 4.48 Å². The van der Waals surface area contributed by atoms with E-state index >= 15 is 0 Å². The maximum absolute atomic E-state index is 3.65. The Bertz CT molecular complexity index is 185. The average Bonchev–Trinajstić information content (AvgIpc) is 2.62. The van der Waals surface area contributed by atoms with Crippen molar-refractivity contribution in [3.8, 4) is 0 Å². The van der Waals surface area contributed by atoms with E-state index in [-0.39, 0.29) is 0 Å². The second-order valence-electron chi connectivity index (χ2n) is 6.03. The molecule has 0 aromatic rings. The first-order valence-electron chi connectivity index (χ1n) is 7.16. The molecule has 0 radical (unpaired) electrons. The van der Waals surface area contributed by atoms with Gasteiger partial charge in [0.1, 0.15) is 0 Å². The molecule has 0 saturated carbocycles. The quantitative estimate of drug-likeness (QED) is 0.659. The van der Waals surface area contributed by atoms with Crippen molar-refractivity contribution in [2.45, 2.75) is 52.5 Å². The summed E-state index contributed by atoms with van der Waals surface area (Å²) in [5, 5.41) is 3.65.